The molecule has 0 aliphatic rings. The molecule has 0 heterocycles. The molecule has 2 unspecified atom stereocenters. The number of hydrogen-bond acceptors (Lipinski definition) is 7. The van der Waals surface area contributed by atoms with Crippen LogP contribution in [-0.4, -0.2) is 51.6 Å². The van der Waals surface area contributed by atoms with E-state index in [1.165, 1.54) is 21.3 Å². The Hall–Kier alpha value is -2.77. The molecule has 2 rings (SSSR count). The van der Waals surface area contributed by atoms with Crippen LogP contribution in [0.25, 0.3) is 0 Å². The number of carbonyl (C=O) groups is 1. The van der Waals surface area contributed by atoms with Gasteiger partial charge in [0.25, 0.3) is 0 Å². The Kier molecular flexibility index (Phi) is 8.95. The van der Waals surface area contributed by atoms with Crippen LogP contribution in [0.2, 0.25) is 0 Å². The third-order valence-electron chi connectivity index (χ3n) is 4.81. The molecular weight excluding hydrogens is 386 g/mol. The Morgan fingerprint density at radius 3 is 2.17 bits per heavy atom. The van der Waals surface area contributed by atoms with Gasteiger partial charge in [-0.25, -0.2) is 4.79 Å². The summed E-state index contributed by atoms with van der Waals surface area (Å²) in [6.45, 7) is 4.78. The Morgan fingerprint density at radius 1 is 1.03 bits per heavy atom. The van der Waals surface area contributed by atoms with Crippen LogP contribution >= 0.6 is 0 Å². The molecule has 2 aromatic rings. The standard InChI is InChI=1S/C23H31NO6/c1-15-7-9-17(10-8-15)21(25)16(2)24-11-6-12-30-23(26)18-13-19(27-3)22(29-5)20(14-18)28-4/h7-10,13-14,16,21,24-25H,6,11-12H2,1-5H3. The van der Waals surface area contributed by atoms with Crippen LogP contribution < -0.4 is 19.5 Å². The van der Waals surface area contributed by atoms with Gasteiger partial charge in [-0.1, -0.05) is 29.8 Å². The Balaban J connectivity index is 1.81. The summed E-state index contributed by atoms with van der Waals surface area (Å²) in [4.78, 5) is 12.4. The molecule has 30 heavy (non-hydrogen) atoms. The average molecular weight is 418 g/mol. The minimum atomic E-state index is -0.604. The summed E-state index contributed by atoms with van der Waals surface area (Å²) in [7, 11) is 4.48. The molecule has 0 aliphatic carbocycles. The molecular formula is C23H31NO6. The fourth-order valence-electron chi connectivity index (χ4n) is 3.01. The second-order valence-electron chi connectivity index (χ2n) is 7.00. The molecule has 0 spiro atoms. The average Bonchev–Trinajstić information content (AvgIpc) is 2.77. The van der Waals surface area contributed by atoms with Crippen molar-refractivity contribution in [2.75, 3.05) is 34.5 Å². The van der Waals surface area contributed by atoms with Crippen molar-refractivity contribution in [2.24, 2.45) is 0 Å². The van der Waals surface area contributed by atoms with Gasteiger partial charge in [-0.3, -0.25) is 0 Å². The molecule has 7 heteroatoms. The van der Waals surface area contributed by atoms with Crippen LogP contribution in [0.5, 0.6) is 17.2 Å². The highest BCUT2D eigenvalue weighted by atomic mass is 16.5. The van der Waals surface area contributed by atoms with E-state index in [-0.39, 0.29) is 12.6 Å². The summed E-state index contributed by atoms with van der Waals surface area (Å²) in [5.41, 5.74) is 2.34. The lowest BCUT2D eigenvalue weighted by molar-refractivity contribution is 0.0496. The summed E-state index contributed by atoms with van der Waals surface area (Å²) >= 11 is 0. The highest BCUT2D eigenvalue weighted by Crippen LogP contribution is 2.38. The predicted octanol–water partition coefficient (Wildman–Crippen LogP) is 3.28. The van der Waals surface area contributed by atoms with Crippen LogP contribution in [0.15, 0.2) is 36.4 Å². The van der Waals surface area contributed by atoms with Gasteiger partial charge in [0.05, 0.1) is 39.6 Å². The fraction of sp³-hybridized carbons (Fsp3) is 0.435. The minimum absolute atomic E-state index is 0.126. The first kappa shape index (κ1) is 23.5. The quantitative estimate of drug-likeness (QED) is 0.429. The number of methoxy groups -OCH3 is 3. The fourth-order valence-corrected chi connectivity index (χ4v) is 3.01. The largest absolute Gasteiger partial charge is 0.493 e. The van der Waals surface area contributed by atoms with E-state index >= 15 is 0 Å². The zero-order valence-corrected chi connectivity index (χ0v) is 18.2. The molecule has 2 aromatic carbocycles. The van der Waals surface area contributed by atoms with Gasteiger partial charge in [0.15, 0.2) is 11.5 Å². The summed E-state index contributed by atoms with van der Waals surface area (Å²) in [6, 6.07) is 10.8. The van der Waals surface area contributed by atoms with E-state index in [0.717, 1.165) is 11.1 Å². The number of aliphatic hydroxyl groups is 1. The number of aliphatic hydroxyl groups excluding tert-OH is 1. The van der Waals surface area contributed by atoms with Gasteiger partial charge in [0.1, 0.15) is 0 Å². The van der Waals surface area contributed by atoms with E-state index in [0.29, 0.717) is 35.8 Å². The topological polar surface area (TPSA) is 86.3 Å². The monoisotopic (exact) mass is 417 g/mol. The molecule has 0 saturated heterocycles. The number of benzene rings is 2. The van der Waals surface area contributed by atoms with Crippen molar-refractivity contribution in [2.45, 2.75) is 32.4 Å². The van der Waals surface area contributed by atoms with Gasteiger partial charge in [-0.15, -0.1) is 0 Å². The molecule has 2 N–H and O–H groups in total. The molecule has 0 aromatic heterocycles. The molecule has 0 fully saturated rings. The first-order chi connectivity index (χ1) is 14.4. The summed E-state index contributed by atoms with van der Waals surface area (Å²) in [5, 5.41) is 13.7. The van der Waals surface area contributed by atoms with Crippen molar-refractivity contribution >= 4 is 5.97 Å². The zero-order valence-electron chi connectivity index (χ0n) is 18.2. The molecule has 0 radical (unpaired) electrons. The maximum atomic E-state index is 12.4. The van der Waals surface area contributed by atoms with Gasteiger partial charge >= 0.3 is 5.97 Å². The molecule has 0 aliphatic heterocycles. The minimum Gasteiger partial charge on any atom is -0.493 e. The van der Waals surface area contributed by atoms with Crippen LogP contribution in [-0.2, 0) is 4.74 Å². The smallest absolute Gasteiger partial charge is 0.338 e. The Morgan fingerprint density at radius 2 is 1.63 bits per heavy atom. The number of rotatable bonds is 11. The van der Waals surface area contributed by atoms with Gasteiger partial charge in [0, 0.05) is 6.04 Å². The van der Waals surface area contributed by atoms with Crippen LogP contribution in [0.1, 0.15) is 40.9 Å². The van der Waals surface area contributed by atoms with Gasteiger partial charge in [-0.05, 0) is 44.5 Å². The maximum Gasteiger partial charge on any atom is 0.338 e. The number of aryl methyl sites for hydroxylation is 1. The normalized spacial score (nSPS) is 12.7. The molecule has 0 amide bonds. The van der Waals surface area contributed by atoms with Gasteiger partial charge in [-0.2, -0.15) is 0 Å². The summed E-state index contributed by atoms with van der Waals surface area (Å²) in [5.74, 6) is 0.734. The van der Waals surface area contributed by atoms with Crippen molar-refractivity contribution in [3.05, 3.63) is 53.1 Å². The van der Waals surface area contributed by atoms with E-state index in [9.17, 15) is 9.90 Å². The van der Waals surface area contributed by atoms with Gasteiger partial charge in [0.2, 0.25) is 5.75 Å². The number of esters is 1. The zero-order chi connectivity index (χ0) is 22.1. The highest BCUT2D eigenvalue weighted by Gasteiger charge is 2.18. The van der Waals surface area contributed by atoms with Crippen LogP contribution in [0, 0.1) is 6.92 Å². The predicted molar refractivity (Wildman–Crippen MR) is 115 cm³/mol. The molecule has 7 nitrogen and oxygen atoms in total. The first-order valence-corrected chi connectivity index (χ1v) is 9.86. The second kappa shape index (κ2) is 11.4. The van der Waals surface area contributed by atoms with Crippen LogP contribution in [0.4, 0.5) is 0 Å². The number of ether oxygens (including phenoxy) is 4. The molecule has 164 valence electrons. The lowest BCUT2D eigenvalue weighted by atomic mass is 10.0. The Labute approximate surface area is 177 Å². The third kappa shape index (κ3) is 6.11. The van der Waals surface area contributed by atoms with Crippen molar-refractivity contribution in [1.29, 1.82) is 0 Å². The third-order valence-corrected chi connectivity index (χ3v) is 4.81. The lowest BCUT2D eigenvalue weighted by Crippen LogP contribution is -2.33. The molecule has 0 bridgehead atoms. The SMILES string of the molecule is COc1cc(C(=O)OCCCNC(C)C(O)c2ccc(C)cc2)cc(OC)c1OC. The van der Waals surface area contributed by atoms with E-state index in [2.05, 4.69) is 5.32 Å². The first-order valence-electron chi connectivity index (χ1n) is 9.86. The number of hydrogen-bond donors (Lipinski definition) is 2. The second-order valence-corrected chi connectivity index (χ2v) is 7.00. The molecule has 2 atom stereocenters. The van der Waals surface area contributed by atoms with E-state index in [1.807, 2.05) is 38.1 Å². The van der Waals surface area contributed by atoms with Crippen molar-refractivity contribution in [3.63, 3.8) is 0 Å². The summed E-state index contributed by atoms with van der Waals surface area (Å²) < 4.78 is 21.1. The van der Waals surface area contributed by atoms with Crippen molar-refractivity contribution < 1.29 is 28.8 Å². The number of carbonyl (C=O) groups excluding carboxylic acids is 1. The lowest BCUT2D eigenvalue weighted by Gasteiger charge is -2.21. The van der Waals surface area contributed by atoms with Crippen LogP contribution in [0.3, 0.4) is 0 Å². The van der Waals surface area contributed by atoms with Crippen molar-refractivity contribution in [1.82, 2.24) is 5.32 Å². The molecule has 0 saturated carbocycles. The van der Waals surface area contributed by atoms with Gasteiger partial charge < -0.3 is 29.4 Å². The number of nitrogens with one attached hydrogen (secondary N) is 1. The van der Waals surface area contributed by atoms with E-state index in [1.54, 1.807) is 12.1 Å². The Bertz CT molecular complexity index is 796. The summed E-state index contributed by atoms with van der Waals surface area (Å²) in [6.07, 6.45) is 0.00795. The van der Waals surface area contributed by atoms with Crippen molar-refractivity contribution in [3.8, 4) is 17.2 Å². The van der Waals surface area contributed by atoms with E-state index < -0.39 is 12.1 Å². The maximum absolute atomic E-state index is 12.4. The van der Waals surface area contributed by atoms with E-state index in [4.69, 9.17) is 18.9 Å². The highest BCUT2D eigenvalue weighted by molar-refractivity contribution is 5.91.